The molecule has 1 N–H and O–H groups in total. The number of rotatable bonds is 11. The molecule has 0 amide bonds. The molecule has 3 unspecified atom stereocenters. The molecule has 0 aromatic rings. The van der Waals surface area contributed by atoms with Crippen LogP contribution in [0.25, 0.3) is 0 Å². The molecule has 380 valence electrons. The maximum absolute atomic E-state index is 5.59. The van der Waals surface area contributed by atoms with Crippen LogP contribution in [0.15, 0.2) is 0 Å². The lowest BCUT2D eigenvalue weighted by Crippen LogP contribution is -2.29. The van der Waals surface area contributed by atoms with E-state index in [1.165, 1.54) is 116 Å². The number of nitrogens with one attached hydrogen (secondary N) is 1. The lowest BCUT2D eigenvalue weighted by molar-refractivity contribution is 0.00419. The van der Waals surface area contributed by atoms with Gasteiger partial charge in [-0.3, -0.25) is 0 Å². The molecule has 0 aromatic heterocycles. The van der Waals surface area contributed by atoms with Crippen LogP contribution in [0.5, 0.6) is 0 Å². The average Bonchev–Trinajstić information content (AvgIpc) is 3.26. The molecular formula is C56H115NO6. The van der Waals surface area contributed by atoms with Crippen molar-refractivity contribution >= 4 is 0 Å². The Balaban J connectivity index is 0.000000715. The highest BCUT2D eigenvalue weighted by molar-refractivity contribution is 4.71. The molecule has 6 saturated heterocycles. The van der Waals surface area contributed by atoms with E-state index >= 15 is 0 Å². The summed E-state index contributed by atoms with van der Waals surface area (Å²) >= 11 is 0. The van der Waals surface area contributed by atoms with Crippen molar-refractivity contribution in [3.8, 4) is 0 Å². The van der Waals surface area contributed by atoms with E-state index < -0.39 is 0 Å². The maximum atomic E-state index is 5.59. The van der Waals surface area contributed by atoms with E-state index in [1.807, 2.05) is 0 Å². The molecule has 6 fully saturated rings. The van der Waals surface area contributed by atoms with Crippen LogP contribution in [0, 0.1) is 71.0 Å². The molecule has 7 heteroatoms. The molecule has 6 aliphatic heterocycles. The summed E-state index contributed by atoms with van der Waals surface area (Å²) in [6.07, 6.45) is 21.7. The Morgan fingerprint density at radius 3 is 1.25 bits per heavy atom. The van der Waals surface area contributed by atoms with E-state index in [2.05, 4.69) is 102 Å². The Kier molecular flexibility index (Phi) is 41.7. The smallest absolute Gasteiger partial charge is 0.0577 e. The molecule has 0 saturated carbocycles. The first-order chi connectivity index (χ1) is 30.0. The van der Waals surface area contributed by atoms with Gasteiger partial charge in [-0.1, -0.05) is 96.9 Å². The number of hydrogen-bond acceptors (Lipinski definition) is 7. The molecule has 0 aromatic carbocycles. The lowest BCUT2D eigenvalue weighted by atomic mass is 9.87. The average molecular weight is 899 g/mol. The number of methoxy groups -OCH3 is 1. The van der Waals surface area contributed by atoms with Crippen LogP contribution in [-0.2, 0) is 28.4 Å². The summed E-state index contributed by atoms with van der Waals surface area (Å²) < 4.78 is 31.6. The van der Waals surface area contributed by atoms with Crippen molar-refractivity contribution in [2.75, 3.05) is 86.3 Å². The molecule has 63 heavy (non-hydrogen) atoms. The normalized spacial score (nSPS) is 23.8. The van der Waals surface area contributed by atoms with Gasteiger partial charge in [0.2, 0.25) is 0 Å². The van der Waals surface area contributed by atoms with Gasteiger partial charge in [0.15, 0.2) is 0 Å². The van der Waals surface area contributed by atoms with Gasteiger partial charge >= 0.3 is 0 Å². The summed E-state index contributed by atoms with van der Waals surface area (Å²) in [5, 5.41) is 3.37. The monoisotopic (exact) mass is 898 g/mol. The minimum atomic E-state index is 0.578. The zero-order chi connectivity index (χ0) is 47.3. The van der Waals surface area contributed by atoms with E-state index in [1.54, 1.807) is 7.11 Å². The zero-order valence-corrected chi connectivity index (χ0v) is 45.3. The lowest BCUT2D eigenvalue weighted by Gasteiger charge is -2.25. The van der Waals surface area contributed by atoms with Gasteiger partial charge in [0.05, 0.1) is 6.10 Å². The van der Waals surface area contributed by atoms with Gasteiger partial charge in [0.1, 0.15) is 0 Å². The third-order valence-electron chi connectivity index (χ3n) is 13.4. The molecule has 0 bridgehead atoms. The quantitative estimate of drug-likeness (QED) is 0.222. The Hall–Kier alpha value is -0.280. The van der Waals surface area contributed by atoms with E-state index in [-0.39, 0.29) is 0 Å². The fourth-order valence-electron chi connectivity index (χ4n) is 9.35. The summed E-state index contributed by atoms with van der Waals surface area (Å²) in [5.41, 5.74) is 0. The predicted molar refractivity (Wildman–Crippen MR) is 273 cm³/mol. The SMILES string of the molecule is CC(C)C1CCCOC1.CC(C)C1CCNCC1.CC(C)C1CCOCC1.CC(C)CC1CCCCO1.CC(C)CC1CCCOC1.CC(C)CC1CCOCC1.COCC(C)C. The number of piperidine rings is 1. The van der Waals surface area contributed by atoms with Crippen molar-refractivity contribution in [3.05, 3.63) is 0 Å². The number of ether oxygens (including phenoxy) is 6. The highest BCUT2D eigenvalue weighted by Gasteiger charge is 2.19. The molecule has 6 aliphatic rings. The summed E-state index contributed by atoms with van der Waals surface area (Å²) in [7, 11) is 1.72. The zero-order valence-electron chi connectivity index (χ0n) is 45.3. The summed E-state index contributed by atoms with van der Waals surface area (Å²) in [5.74, 6) is 10.3. The third kappa shape index (κ3) is 39.4. The largest absolute Gasteiger partial charge is 0.384 e. The van der Waals surface area contributed by atoms with E-state index in [4.69, 9.17) is 28.4 Å². The molecule has 0 aliphatic carbocycles. The molecule has 6 heterocycles. The second-order valence-corrected chi connectivity index (χ2v) is 22.6. The van der Waals surface area contributed by atoms with Crippen molar-refractivity contribution in [2.24, 2.45) is 71.0 Å². The van der Waals surface area contributed by atoms with Gasteiger partial charge in [0, 0.05) is 73.2 Å². The van der Waals surface area contributed by atoms with Gasteiger partial charge in [-0.05, 0) is 187 Å². The Morgan fingerprint density at radius 1 is 0.413 bits per heavy atom. The summed E-state index contributed by atoms with van der Waals surface area (Å²) in [6.45, 7) is 44.1. The van der Waals surface area contributed by atoms with Crippen LogP contribution >= 0.6 is 0 Å². The van der Waals surface area contributed by atoms with Crippen LogP contribution < -0.4 is 5.32 Å². The first-order valence-electron chi connectivity index (χ1n) is 27.2. The predicted octanol–water partition coefficient (Wildman–Crippen LogP) is 14.6. The van der Waals surface area contributed by atoms with Crippen LogP contribution in [0.4, 0.5) is 0 Å². The second-order valence-electron chi connectivity index (χ2n) is 22.6. The Labute approximate surface area is 395 Å². The van der Waals surface area contributed by atoms with Crippen molar-refractivity contribution in [3.63, 3.8) is 0 Å². The molecule has 0 spiro atoms. The van der Waals surface area contributed by atoms with Crippen LogP contribution in [0.2, 0.25) is 0 Å². The van der Waals surface area contributed by atoms with Crippen LogP contribution in [-0.4, -0.2) is 92.4 Å². The Morgan fingerprint density at radius 2 is 0.905 bits per heavy atom. The molecule has 7 nitrogen and oxygen atoms in total. The van der Waals surface area contributed by atoms with Gasteiger partial charge in [-0.2, -0.15) is 0 Å². The van der Waals surface area contributed by atoms with Crippen molar-refractivity contribution in [1.29, 1.82) is 0 Å². The standard InChI is InChI=1S/3C9H18O.C8H17N.2C8H16O.C5H12O/c1-8(2)7-9-3-5-10-6-4-9;1-8(2)6-9-4-3-5-10-7-9;1-8(2)7-9-5-3-4-6-10-9;2*1-7(2)8-3-5-9-6-4-8;1-7(2)8-4-3-5-9-6-8;1-5(2)4-6-3/h3*8-9H,3-7H2,1-2H3;7-9H,3-6H2,1-2H3;2*7-8H,3-6H2,1-2H3;5H,4H2,1-3H3. The number of hydrogen-bond donors (Lipinski definition) is 1. The maximum Gasteiger partial charge on any atom is 0.0577 e. The summed E-state index contributed by atoms with van der Waals surface area (Å²) in [4.78, 5) is 0. The molecule has 6 rings (SSSR count). The fourth-order valence-corrected chi connectivity index (χ4v) is 9.35. The minimum absolute atomic E-state index is 0.578. The third-order valence-corrected chi connectivity index (χ3v) is 13.4. The highest BCUT2D eigenvalue weighted by Crippen LogP contribution is 2.25. The topological polar surface area (TPSA) is 67.4 Å². The summed E-state index contributed by atoms with van der Waals surface area (Å²) in [6, 6.07) is 0. The van der Waals surface area contributed by atoms with Gasteiger partial charge in [-0.15, -0.1) is 0 Å². The minimum Gasteiger partial charge on any atom is -0.384 e. The van der Waals surface area contributed by atoms with Gasteiger partial charge in [-0.25, -0.2) is 0 Å². The molecular weight excluding hydrogens is 783 g/mol. The van der Waals surface area contributed by atoms with Crippen LogP contribution in [0.3, 0.4) is 0 Å². The molecule has 3 atom stereocenters. The van der Waals surface area contributed by atoms with Crippen LogP contribution in [0.1, 0.15) is 200 Å². The van der Waals surface area contributed by atoms with Crippen molar-refractivity contribution < 1.29 is 28.4 Å². The van der Waals surface area contributed by atoms with E-state index in [0.29, 0.717) is 12.0 Å². The van der Waals surface area contributed by atoms with Gasteiger partial charge in [0.25, 0.3) is 0 Å². The highest BCUT2D eigenvalue weighted by atomic mass is 16.5. The van der Waals surface area contributed by atoms with Gasteiger partial charge < -0.3 is 33.7 Å². The molecule has 0 radical (unpaired) electrons. The fraction of sp³-hybridized carbons (Fsp3) is 1.00. The first kappa shape index (κ1) is 62.7. The van der Waals surface area contributed by atoms with Crippen molar-refractivity contribution in [2.45, 2.75) is 206 Å². The second kappa shape index (κ2) is 41.9. The van der Waals surface area contributed by atoms with E-state index in [9.17, 15) is 0 Å². The first-order valence-corrected chi connectivity index (χ1v) is 27.2. The van der Waals surface area contributed by atoms with Crippen molar-refractivity contribution in [1.82, 2.24) is 5.32 Å². The Bertz CT molecular complexity index is 795. The van der Waals surface area contributed by atoms with E-state index in [0.717, 1.165) is 131 Å².